The maximum Gasteiger partial charge on any atom is 0.416 e. The minimum Gasteiger partial charge on any atom is -0.325 e. The first-order valence-electron chi connectivity index (χ1n) is 10.3. The van der Waals surface area contributed by atoms with Crippen molar-refractivity contribution in [2.75, 3.05) is 25.0 Å². The molecule has 33 heavy (non-hydrogen) atoms. The number of carbonyl (C=O) groups excluding carboxylic acids is 2. The number of alkyl halides is 3. The summed E-state index contributed by atoms with van der Waals surface area (Å²) in [6, 6.07) is 8.97. The molecule has 1 N–H and O–H groups in total. The molecule has 1 atom stereocenters. The number of amides is 2. The molecule has 0 aromatic heterocycles. The molecule has 0 aliphatic carbocycles. The predicted molar refractivity (Wildman–Crippen MR) is 112 cm³/mol. The van der Waals surface area contributed by atoms with E-state index in [1.54, 1.807) is 7.05 Å². The van der Waals surface area contributed by atoms with Crippen molar-refractivity contribution in [1.82, 2.24) is 10.2 Å². The molecule has 6 nitrogen and oxygen atoms in total. The van der Waals surface area contributed by atoms with Crippen molar-refractivity contribution in [2.45, 2.75) is 31.6 Å². The SMILES string of the molecule is CNCCC[C@@H]1C(=O)N(c2ccc(C#N)cc2F)CC(=O)N1Cc1ccc(C(F)(F)F)cc1. The molecule has 2 aromatic carbocycles. The van der Waals surface area contributed by atoms with Crippen molar-refractivity contribution in [3.63, 3.8) is 0 Å². The van der Waals surface area contributed by atoms with Crippen molar-refractivity contribution >= 4 is 17.5 Å². The van der Waals surface area contributed by atoms with Gasteiger partial charge in [-0.3, -0.25) is 14.5 Å². The summed E-state index contributed by atoms with van der Waals surface area (Å²) in [5.74, 6) is -1.73. The quantitative estimate of drug-likeness (QED) is 0.505. The van der Waals surface area contributed by atoms with Gasteiger partial charge in [0.2, 0.25) is 11.8 Å². The number of nitrogens with one attached hydrogen (secondary N) is 1. The van der Waals surface area contributed by atoms with Crippen molar-refractivity contribution < 1.29 is 27.2 Å². The Kier molecular flexibility index (Phi) is 7.33. The van der Waals surface area contributed by atoms with Gasteiger partial charge in [0.25, 0.3) is 0 Å². The number of benzene rings is 2. The zero-order chi connectivity index (χ0) is 24.2. The van der Waals surface area contributed by atoms with E-state index in [9.17, 15) is 27.2 Å². The normalized spacial score (nSPS) is 16.8. The van der Waals surface area contributed by atoms with Gasteiger partial charge in [0.15, 0.2) is 0 Å². The van der Waals surface area contributed by atoms with E-state index < -0.39 is 42.0 Å². The topological polar surface area (TPSA) is 76.4 Å². The fourth-order valence-corrected chi connectivity index (χ4v) is 3.74. The molecule has 0 saturated carbocycles. The van der Waals surface area contributed by atoms with Gasteiger partial charge in [0, 0.05) is 6.54 Å². The van der Waals surface area contributed by atoms with Gasteiger partial charge in [0.1, 0.15) is 18.4 Å². The van der Waals surface area contributed by atoms with Crippen LogP contribution in [0.25, 0.3) is 0 Å². The first kappa shape index (κ1) is 24.2. The van der Waals surface area contributed by atoms with E-state index in [4.69, 9.17) is 5.26 Å². The maximum absolute atomic E-state index is 14.6. The fraction of sp³-hybridized carbons (Fsp3) is 0.348. The molecular formula is C23H22F4N4O2. The Morgan fingerprint density at radius 1 is 1.15 bits per heavy atom. The number of nitriles is 1. The third-order valence-electron chi connectivity index (χ3n) is 5.45. The maximum atomic E-state index is 14.6. The Hall–Kier alpha value is -3.45. The molecule has 2 aromatic rings. The van der Waals surface area contributed by atoms with Gasteiger partial charge in [-0.2, -0.15) is 18.4 Å². The van der Waals surface area contributed by atoms with Crippen molar-refractivity contribution in [1.29, 1.82) is 5.26 Å². The zero-order valence-electron chi connectivity index (χ0n) is 17.8. The van der Waals surface area contributed by atoms with Crippen molar-refractivity contribution in [2.24, 2.45) is 0 Å². The molecule has 0 spiro atoms. The first-order valence-corrected chi connectivity index (χ1v) is 10.3. The summed E-state index contributed by atoms with van der Waals surface area (Å²) < 4.78 is 53.1. The third-order valence-corrected chi connectivity index (χ3v) is 5.45. The van der Waals surface area contributed by atoms with Crippen molar-refractivity contribution in [3.8, 4) is 6.07 Å². The van der Waals surface area contributed by atoms with Gasteiger partial charge in [-0.25, -0.2) is 4.39 Å². The molecule has 1 aliphatic heterocycles. The lowest BCUT2D eigenvalue weighted by atomic mass is 10.0. The zero-order valence-corrected chi connectivity index (χ0v) is 17.8. The Bertz CT molecular complexity index is 1060. The van der Waals surface area contributed by atoms with Crippen molar-refractivity contribution in [3.05, 3.63) is 65.0 Å². The van der Waals surface area contributed by atoms with Gasteiger partial charge in [-0.15, -0.1) is 0 Å². The largest absolute Gasteiger partial charge is 0.416 e. The Morgan fingerprint density at radius 2 is 1.85 bits per heavy atom. The van der Waals surface area contributed by atoms with Crippen LogP contribution in [0, 0.1) is 17.1 Å². The van der Waals surface area contributed by atoms with E-state index in [1.165, 1.54) is 29.2 Å². The van der Waals surface area contributed by atoms with Gasteiger partial charge < -0.3 is 10.2 Å². The van der Waals surface area contributed by atoms with Crippen LogP contribution < -0.4 is 10.2 Å². The highest BCUT2D eigenvalue weighted by Crippen LogP contribution is 2.30. The van der Waals surface area contributed by atoms with E-state index in [1.807, 2.05) is 6.07 Å². The van der Waals surface area contributed by atoms with Crippen LogP contribution in [-0.2, 0) is 22.3 Å². The lowest BCUT2D eigenvalue weighted by Gasteiger charge is -2.40. The van der Waals surface area contributed by atoms with E-state index >= 15 is 0 Å². The second-order valence-electron chi connectivity index (χ2n) is 7.68. The fourth-order valence-electron chi connectivity index (χ4n) is 3.74. The molecule has 0 radical (unpaired) electrons. The van der Waals surface area contributed by atoms with Crippen LogP contribution >= 0.6 is 0 Å². The molecule has 0 bridgehead atoms. The second kappa shape index (κ2) is 10.0. The van der Waals surface area contributed by atoms with E-state index in [2.05, 4.69) is 5.32 Å². The lowest BCUT2D eigenvalue weighted by Crippen LogP contribution is -2.60. The standard InChI is InChI=1S/C23H22F4N4O2/c1-29-10-2-3-20-22(33)31(19-9-6-16(12-28)11-18(19)24)14-21(32)30(20)13-15-4-7-17(8-5-15)23(25,26)27/h4-9,11,20,29H,2-3,10,13-14H2,1H3/t20-/m1/s1. The molecule has 10 heteroatoms. The highest BCUT2D eigenvalue weighted by Gasteiger charge is 2.40. The van der Waals surface area contributed by atoms with Gasteiger partial charge >= 0.3 is 6.18 Å². The number of halogens is 4. The van der Waals surface area contributed by atoms with Gasteiger partial charge in [0.05, 0.1) is 22.9 Å². The first-order chi connectivity index (χ1) is 15.7. The highest BCUT2D eigenvalue weighted by molar-refractivity contribution is 6.06. The number of piperazine rings is 1. The molecule has 2 amide bonds. The van der Waals surface area contributed by atoms with Crippen LogP contribution in [0.3, 0.4) is 0 Å². The lowest BCUT2D eigenvalue weighted by molar-refractivity contribution is -0.144. The summed E-state index contributed by atoms with van der Waals surface area (Å²) in [5.41, 5.74) is -0.372. The average molecular weight is 462 g/mol. The van der Waals surface area contributed by atoms with Crippen LogP contribution in [0.5, 0.6) is 0 Å². The molecule has 1 saturated heterocycles. The third kappa shape index (κ3) is 5.49. The van der Waals surface area contributed by atoms with Crippen LogP contribution in [0.2, 0.25) is 0 Å². The number of nitrogens with zero attached hydrogens (tertiary/aromatic N) is 3. The monoisotopic (exact) mass is 462 g/mol. The van der Waals surface area contributed by atoms with Crippen LogP contribution in [-0.4, -0.2) is 42.9 Å². The number of rotatable bonds is 7. The molecule has 3 rings (SSSR count). The predicted octanol–water partition coefficient (Wildman–Crippen LogP) is 3.46. The van der Waals surface area contributed by atoms with E-state index in [-0.39, 0.29) is 17.8 Å². The molecule has 1 fully saturated rings. The molecule has 1 aliphatic rings. The molecule has 0 unspecified atom stereocenters. The summed E-state index contributed by atoms with van der Waals surface area (Å²) >= 11 is 0. The molecular weight excluding hydrogens is 440 g/mol. The van der Waals surface area contributed by atoms with Crippen LogP contribution in [0.4, 0.5) is 23.2 Å². The minimum absolute atomic E-state index is 0.0450. The average Bonchev–Trinajstić information content (AvgIpc) is 2.78. The number of hydrogen-bond acceptors (Lipinski definition) is 4. The number of hydrogen-bond donors (Lipinski definition) is 1. The number of anilines is 1. The number of carbonyl (C=O) groups is 2. The second-order valence-corrected chi connectivity index (χ2v) is 7.68. The summed E-state index contributed by atoms with van der Waals surface area (Å²) in [6.07, 6.45) is -3.63. The minimum atomic E-state index is -4.48. The smallest absolute Gasteiger partial charge is 0.325 e. The van der Waals surface area contributed by atoms with E-state index in [0.717, 1.165) is 23.1 Å². The highest BCUT2D eigenvalue weighted by atomic mass is 19.4. The summed E-state index contributed by atoms with van der Waals surface area (Å²) in [5, 5.41) is 11.9. The van der Waals surface area contributed by atoms with Gasteiger partial charge in [-0.1, -0.05) is 12.1 Å². The van der Waals surface area contributed by atoms with Gasteiger partial charge in [-0.05, 0) is 62.3 Å². The summed E-state index contributed by atoms with van der Waals surface area (Å²) in [4.78, 5) is 28.7. The van der Waals surface area contributed by atoms with Crippen LogP contribution in [0.15, 0.2) is 42.5 Å². The Balaban J connectivity index is 1.87. The van der Waals surface area contributed by atoms with Crippen LogP contribution in [0.1, 0.15) is 29.5 Å². The molecule has 1 heterocycles. The molecule has 174 valence electrons. The summed E-state index contributed by atoms with van der Waals surface area (Å²) in [6.45, 7) is 0.124. The Morgan fingerprint density at radius 3 is 2.42 bits per heavy atom. The van der Waals surface area contributed by atoms with E-state index in [0.29, 0.717) is 24.9 Å². The summed E-state index contributed by atoms with van der Waals surface area (Å²) in [7, 11) is 1.74. The Labute approximate surface area is 188 Å².